The first-order chi connectivity index (χ1) is 11.1. The Hall–Kier alpha value is -2.82. The second-order valence-electron chi connectivity index (χ2n) is 5.15. The van der Waals surface area contributed by atoms with Crippen molar-refractivity contribution in [1.29, 1.82) is 0 Å². The highest BCUT2D eigenvalue weighted by atomic mass is 16.5. The number of rotatable bonds is 7. The number of nitrogens with one attached hydrogen (secondary N) is 1. The van der Waals surface area contributed by atoms with E-state index in [1.165, 1.54) is 0 Å². The number of anilines is 2. The fraction of sp³-hybridized carbons (Fsp3) is 0.222. The molecule has 0 atom stereocenters. The molecule has 5 heteroatoms. The lowest BCUT2D eigenvalue weighted by Gasteiger charge is -2.10. The Balaban J connectivity index is 2.02. The van der Waals surface area contributed by atoms with Crippen LogP contribution in [0.15, 0.2) is 49.1 Å². The molecule has 0 aliphatic rings. The maximum Gasteiger partial charge on any atom is 0.259 e. The molecule has 0 aliphatic carbocycles. The van der Waals surface area contributed by atoms with E-state index < -0.39 is 0 Å². The molecule has 120 valence electrons. The average molecular weight is 311 g/mol. The van der Waals surface area contributed by atoms with Gasteiger partial charge in [-0.1, -0.05) is 12.1 Å². The number of hydrogen-bond acceptors (Lipinski definition) is 4. The van der Waals surface area contributed by atoms with Crippen LogP contribution in [0.25, 0.3) is 0 Å². The van der Waals surface area contributed by atoms with Gasteiger partial charge in [-0.25, -0.2) is 4.98 Å². The van der Waals surface area contributed by atoms with Gasteiger partial charge in [-0.2, -0.15) is 0 Å². The van der Waals surface area contributed by atoms with Crippen LogP contribution >= 0.6 is 0 Å². The lowest BCUT2D eigenvalue weighted by Crippen LogP contribution is -2.15. The number of amides is 1. The van der Waals surface area contributed by atoms with Gasteiger partial charge in [0.2, 0.25) is 0 Å². The minimum Gasteiger partial charge on any atom is -0.494 e. The Morgan fingerprint density at radius 2 is 2.22 bits per heavy atom. The number of allylic oxidation sites excluding steroid dienone is 1. The summed E-state index contributed by atoms with van der Waals surface area (Å²) in [6.07, 6.45) is 3.68. The summed E-state index contributed by atoms with van der Waals surface area (Å²) in [5, 5.41) is 2.81. The number of unbranched alkanes of at least 4 members (excludes halogenated alkanes) is 1. The van der Waals surface area contributed by atoms with Crippen LogP contribution in [-0.4, -0.2) is 17.5 Å². The highest BCUT2D eigenvalue weighted by Crippen LogP contribution is 2.19. The molecule has 2 rings (SSSR count). The third kappa shape index (κ3) is 4.85. The van der Waals surface area contributed by atoms with Gasteiger partial charge in [0.05, 0.1) is 12.2 Å². The topological polar surface area (TPSA) is 77.2 Å². The maximum atomic E-state index is 12.3. The number of nitrogen functional groups attached to an aromatic ring is 1. The van der Waals surface area contributed by atoms with E-state index in [1.54, 1.807) is 24.3 Å². The monoisotopic (exact) mass is 311 g/mol. The van der Waals surface area contributed by atoms with Crippen molar-refractivity contribution in [1.82, 2.24) is 4.98 Å². The number of carbonyl (C=O) groups is 1. The van der Waals surface area contributed by atoms with Crippen molar-refractivity contribution in [2.45, 2.75) is 19.8 Å². The average Bonchev–Trinajstić information content (AvgIpc) is 2.52. The van der Waals surface area contributed by atoms with Gasteiger partial charge in [0.25, 0.3) is 5.91 Å². The van der Waals surface area contributed by atoms with Gasteiger partial charge in [-0.15, -0.1) is 6.58 Å². The summed E-state index contributed by atoms with van der Waals surface area (Å²) < 4.78 is 5.64. The summed E-state index contributed by atoms with van der Waals surface area (Å²) >= 11 is 0. The van der Waals surface area contributed by atoms with E-state index >= 15 is 0 Å². The molecule has 1 amide bonds. The summed E-state index contributed by atoms with van der Waals surface area (Å²) in [5.41, 5.74) is 7.57. The second-order valence-corrected chi connectivity index (χ2v) is 5.15. The molecule has 0 bridgehead atoms. The minimum absolute atomic E-state index is 0.222. The molecule has 0 radical (unpaired) electrons. The van der Waals surface area contributed by atoms with E-state index in [0.717, 1.165) is 18.5 Å². The van der Waals surface area contributed by atoms with Crippen molar-refractivity contribution < 1.29 is 9.53 Å². The number of hydrogen-bond donors (Lipinski definition) is 2. The van der Waals surface area contributed by atoms with Crippen LogP contribution in [-0.2, 0) is 0 Å². The highest BCUT2D eigenvalue weighted by molar-refractivity contribution is 6.07. The molecule has 0 spiro atoms. The molecule has 1 heterocycles. The molecular weight excluding hydrogens is 290 g/mol. The standard InChI is InChI=1S/C18H21N3O2/c1-3-4-5-11-23-15-8-6-7-14(12-15)21-18(22)16-10-9-13(2)20-17(16)19/h3,6-10,12H,1,4-5,11H2,2H3,(H2,19,20)(H,21,22). The number of carbonyl (C=O) groups excluding carboxylic acids is 1. The number of nitrogens with two attached hydrogens (primary N) is 1. The molecule has 0 saturated heterocycles. The Kier molecular flexibility index (Phi) is 5.74. The fourth-order valence-electron chi connectivity index (χ4n) is 2.05. The van der Waals surface area contributed by atoms with Gasteiger partial charge in [0, 0.05) is 17.4 Å². The van der Waals surface area contributed by atoms with Crippen LogP contribution in [0.2, 0.25) is 0 Å². The number of aromatic nitrogens is 1. The molecule has 23 heavy (non-hydrogen) atoms. The van der Waals surface area contributed by atoms with Crippen molar-refractivity contribution in [3.05, 3.63) is 60.3 Å². The maximum absolute atomic E-state index is 12.3. The molecule has 0 saturated carbocycles. The van der Waals surface area contributed by atoms with Crippen LogP contribution in [0.5, 0.6) is 5.75 Å². The SMILES string of the molecule is C=CCCCOc1cccc(NC(=O)c2ccc(C)nc2N)c1. The van der Waals surface area contributed by atoms with Gasteiger partial charge in [0.15, 0.2) is 0 Å². The number of nitrogens with zero attached hydrogens (tertiary/aromatic N) is 1. The molecule has 5 nitrogen and oxygen atoms in total. The minimum atomic E-state index is -0.293. The summed E-state index contributed by atoms with van der Waals surface area (Å²) in [7, 11) is 0. The van der Waals surface area contributed by atoms with Crippen LogP contribution < -0.4 is 15.8 Å². The summed E-state index contributed by atoms with van der Waals surface area (Å²) in [4.78, 5) is 16.4. The zero-order chi connectivity index (χ0) is 16.7. The normalized spacial score (nSPS) is 10.1. The summed E-state index contributed by atoms with van der Waals surface area (Å²) in [6, 6.07) is 10.7. The molecule has 3 N–H and O–H groups in total. The van der Waals surface area contributed by atoms with E-state index in [9.17, 15) is 4.79 Å². The van der Waals surface area contributed by atoms with Crippen LogP contribution in [0.4, 0.5) is 11.5 Å². The predicted octanol–water partition coefficient (Wildman–Crippen LogP) is 3.57. The number of pyridine rings is 1. The van der Waals surface area contributed by atoms with Crippen LogP contribution in [0.1, 0.15) is 28.9 Å². The van der Waals surface area contributed by atoms with Gasteiger partial charge < -0.3 is 15.8 Å². The molecule has 2 aromatic rings. The first-order valence-corrected chi connectivity index (χ1v) is 7.48. The van der Waals surface area contributed by atoms with Crippen molar-refractivity contribution in [3.63, 3.8) is 0 Å². The highest BCUT2D eigenvalue weighted by Gasteiger charge is 2.11. The van der Waals surface area contributed by atoms with Gasteiger partial charge in [0.1, 0.15) is 11.6 Å². The number of aryl methyl sites for hydroxylation is 1. The largest absolute Gasteiger partial charge is 0.494 e. The summed E-state index contributed by atoms with van der Waals surface area (Å²) in [5.74, 6) is 0.639. The van der Waals surface area contributed by atoms with Crippen molar-refractivity contribution >= 4 is 17.4 Å². The zero-order valence-electron chi connectivity index (χ0n) is 13.2. The second kappa shape index (κ2) is 7.98. The third-order valence-electron chi connectivity index (χ3n) is 3.22. The fourth-order valence-corrected chi connectivity index (χ4v) is 2.05. The lowest BCUT2D eigenvalue weighted by molar-refractivity contribution is 0.102. The Bertz CT molecular complexity index is 698. The zero-order valence-corrected chi connectivity index (χ0v) is 13.2. The third-order valence-corrected chi connectivity index (χ3v) is 3.22. The quantitative estimate of drug-likeness (QED) is 0.605. The van der Waals surface area contributed by atoms with Gasteiger partial charge in [-0.3, -0.25) is 4.79 Å². The molecular formula is C18H21N3O2. The predicted molar refractivity (Wildman–Crippen MR) is 92.7 cm³/mol. The number of ether oxygens (including phenoxy) is 1. The van der Waals surface area contributed by atoms with E-state index in [-0.39, 0.29) is 11.7 Å². The molecule has 0 unspecified atom stereocenters. The smallest absolute Gasteiger partial charge is 0.259 e. The molecule has 0 fully saturated rings. The van der Waals surface area contributed by atoms with Crippen LogP contribution in [0.3, 0.4) is 0 Å². The lowest BCUT2D eigenvalue weighted by atomic mass is 10.2. The first kappa shape index (κ1) is 16.5. The van der Waals surface area contributed by atoms with Gasteiger partial charge in [-0.05, 0) is 44.0 Å². The molecule has 0 aliphatic heterocycles. The Morgan fingerprint density at radius 3 is 2.96 bits per heavy atom. The van der Waals surface area contributed by atoms with Gasteiger partial charge >= 0.3 is 0 Å². The Morgan fingerprint density at radius 1 is 1.39 bits per heavy atom. The number of benzene rings is 1. The first-order valence-electron chi connectivity index (χ1n) is 7.48. The van der Waals surface area contributed by atoms with E-state index in [1.807, 2.05) is 25.1 Å². The summed E-state index contributed by atoms with van der Waals surface area (Å²) in [6.45, 7) is 6.11. The van der Waals surface area contributed by atoms with Crippen molar-refractivity contribution in [3.8, 4) is 5.75 Å². The van der Waals surface area contributed by atoms with E-state index in [2.05, 4.69) is 16.9 Å². The Labute approximate surface area is 136 Å². The molecule has 1 aromatic heterocycles. The van der Waals surface area contributed by atoms with Crippen molar-refractivity contribution in [2.24, 2.45) is 0 Å². The van der Waals surface area contributed by atoms with Crippen molar-refractivity contribution in [2.75, 3.05) is 17.7 Å². The van der Waals surface area contributed by atoms with E-state index in [0.29, 0.717) is 23.6 Å². The van der Waals surface area contributed by atoms with Crippen LogP contribution in [0, 0.1) is 6.92 Å². The molecule has 1 aromatic carbocycles. The van der Waals surface area contributed by atoms with E-state index in [4.69, 9.17) is 10.5 Å².